The summed E-state index contributed by atoms with van der Waals surface area (Å²) in [7, 11) is 0. The van der Waals surface area contributed by atoms with Crippen LogP contribution in [0.15, 0.2) is 22.7 Å². The minimum absolute atomic E-state index is 0.0209. The van der Waals surface area contributed by atoms with E-state index >= 15 is 0 Å². The molecule has 116 valence electrons. The predicted molar refractivity (Wildman–Crippen MR) is 83.7 cm³/mol. The largest absolute Gasteiger partial charge is 0.480 e. The van der Waals surface area contributed by atoms with Crippen molar-refractivity contribution >= 4 is 27.8 Å². The second kappa shape index (κ2) is 6.93. The van der Waals surface area contributed by atoms with Gasteiger partial charge in [0.05, 0.1) is 0 Å². The van der Waals surface area contributed by atoms with Crippen LogP contribution in [-0.4, -0.2) is 28.6 Å². The number of hydrogen-bond donors (Lipinski definition) is 2. The molecule has 0 spiro atoms. The van der Waals surface area contributed by atoms with E-state index in [9.17, 15) is 9.59 Å². The van der Waals surface area contributed by atoms with Crippen LogP contribution < -0.4 is 10.1 Å². The monoisotopic (exact) mass is 357 g/mol. The molecule has 1 aromatic carbocycles. The first-order valence-electron chi connectivity index (χ1n) is 6.68. The summed E-state index contributed by atoms with van der Waals surface area (Å²) in [5.74, 6) is -1.22. The summed E-state index contributed by atoms with van der Waals surface area (Å²) in [6, 6.07) is 4.59. The van der Waals surface area contributed by atoms with E-state index in [1.54, 1.807) is 13.0 Å². The molecule has 2 N–H and O–H groups in total. The summed E-state index contributed by atoms with van der Waals surface area (Å²) in [4.78, 5) is 23.3. The van der Waals surface area contributed by atoms with Crippen molar-refractivity contribution in [3.05, 3.63) is 28.2 Å². The van der Waals surface area contributed by atoms with Crippen LogP contribution in [0.1, 0.15) is 44.5 Å². The second-order valence-electron chi connectivity index (χ2n) is 5.43. The quantitative estimate of drug-likeness (QED) is 0.819. The van der Waals surface area contributed by atoms with Gasteiger partial charge in [-0.15, -0.1) is 0 Å². The minimum Gasteiger partial charge on any atom is -0.480 e. The summed E-state index contributed by atoms with van der Waals surface area (Å²) in [6.45, 7) is 7.40. The number of benzene rings is 1. The van der Waals surface area contributed by atoms with E-state index in [1.165, 1.54) is 12.1 Å². The van der Waals surface area contributed by atoms with Gasteiger partial charge in [-0.05, 0) is 45.4 Å². The Labute approximate surface area is 132 Å². The fourth-order valence-electron chi connectivity index (χ4n) is 1.54. The minimum atomic E-state index is -1.10. The number of amides is 1. The van der Waals surface area contributed by atoms with Gasteiger partial charge in [-0.25, -0.2) is 4.79 Å². The summed E-state index contributed by atoms with van der Waals surface area (Å²) in [5, 5.41) is 12.0. The van der Waals surface area contributed by atoms with Crippen molar-refractivity contribution < 1.29 is 19.4 Å². The lowest BCUT2D eigenvalue weighted by atomic mass is 10.0. The van der Waals surface area contributed by atoms with E-state index in [2.05, 4.69) is 21.2 Å². The van der Waals surface area contributed by atoms with E-state index in [1.807, 2.05) is 20.8 Å². The van der Waals surface area contributed by atoms with Crippen LogP contribution in [0.4, 0.5) is 0 Å². The standard InChI is InChI=1S/C15H20BrNO4/c1-5-15(3,4)17-13(18)9(2)21-12-8-10(16)6-7-11(12)14(19)20/h6-9H,5H2,1-4H3,(H,17,18)(H,19,20). The third kappa shape index (κ3) is 5.04. The highest BCUT2D eigenvalue weighted by Gasteiger charge is 2.24. The lowest BCUT2D eigenvalue weighted by molar-refractivity contribution is -0.129. The third-order valence-electron chi connectivity index (χ3n) is 3.19. The molecule has 6 heteroatoms. The van der Waals surface area contributed by atoms with E-state index < -0.39 is 12.1 Å². The van der Waals surface area contributed by atoms with Crippen molar-refractivity contribution in [2.24, 2.45) is 0 Å². The molecule has 1 amide bonds. The lowest BCUT2D eigenvalue weighted by Crippen LogP contribution is -2.48. The third-order valence-corrected chi connectivity index (χ3v) is 3.69. The normalized spacial score (nSPS) is 12.6. The number of ether oxygens (including phenoxy) is 1. The molecule has 5 nitrogen and oxygen atoms in total. The molecule has 0 aliphatic heterocycles. The molecule has 0 saturated heterocycles. The highest BCUT2D eigenvalue weighted by Crippen LogP contribution is 2.25. The zero-order valence-corrected chi connectivity index (χ0v) is 14.2. The molecular formula is C15H20BrNO4. The summed E-state index contributed by atoms with van der Waals surface area (Å²) in [5.41, 5.74) is -0.311. The highest BCUT2D eigenvalue weighted by molar-refractivity contribution is 9.10. The van der Waals surface area contributed by atoms with Crippen LogP contribution in [-0.2, 0) is 4.79 Å². The molecule has 0 aliphatic rings. The topological polar surface area (TPSA) is 75.6 Å². The number of carbonyl (C=O) groups excluding carboxylic acids is 1. The molecule has 0 aromatic heterocycles. The summed E-state index contributed by atoms with van der Waals surface area (Å²) >= 11 is 3.26. The molecule has 0 heterocycles. The van der Waals surface area contributed by atoms with E-state index in [4.69, 9.17) is 9.84 Å². The fraction of sp³-hybridized carbons (Fsp3) is 0.467. The van der Waals surface area contributed by atoms with Crippen LogP contribution in [0.25, 0.3) is 0 Å². The number of carboxylic acid groups (broad SMARTS) is 1. The molecule has 21 heavy (non-hydrogen) atoms. The van der Waals surface area contributed by atoms with E-state index in [0.29, 0.717) is 4.47 Å². The van der Waals surface area contributed by atoms with Gasteiger partial charge in [0.1, 0.15) is 11.3 Å². The molecule has 0 fully saturated rings. The number of hydrogen-bond acceptors (Lipinski definition) is 3. The number of nitrogens with one attached hydrogen (secondary N) is 1. The SMILES string of the molecule is CCC(C)(C)NC(=O)C(C)Oc1cc(Br)ccc1C(=O)O. The van der Waals surface area contributed by atoms with Gasteiger partial charge in [0, 0.05) is 10.0 Å². The smallest absolute Gasteiger partial charge is 0.339 e. The van der Waals surface area contributed by atoms with E-state index in [0.717, 1.165) is 6.42 Å². The van der Waals surface area contributed by atoms with Crippen LogP contribution in [0.3, 0.4) is 0 Å². The highest BCUT2D eigenvalue weighted by atomic mass is 79.9. The first kappa shape index (κ1) is 17.5. The average molecular weight is 358 g/mol. The van der Waals surface area contributed by atoms with Crippen LogP contribution in [0.5, 0.6) is 5.75 Å². The molecular weight excluding hydrogens is 338 g/mol. The summed E-state index contributed by atoms with van der Waals surface area (Å²) < 4.78 is 6.20. The zero-order chi connectivity index (χ0) is 16.2. The number of rotatable bonds is 6. The first-order chi connectivity index (χ1) is 9.66. The fourth-order valence-corrected chi connectivity index (χ4v) is 1.88. The first-order valence-corrected chi connectivity index (χ1v) is 7.47. The van der Waals surface area contributed by atoms with Gasteiger partial charge in [-0.2, -0.15) is 0 Å². The predicted octanol–water partition coefficient (Wildman–Crippen LogP) is 3.22. The van der Waals surface area contributed by atoms with Crippen molar-refractivity contribution in [1.82, 2.24) is 5.32 Å². The molecule has 1 atom stereocenters. The summed E-state index contributed by atoms with van der Waals surface area (Å²) in [6.07, 6.45) is -0.00820. The Kier molecular flexibility index (Phi) is 5.78. The molecule has 0 bridgehead atoms. The molecule has 1 unspecified atom stereocenters. The zero-order valence-electron chi connectivity index (χ0n) is 12.6. The Bertz CT molecular complexity index is 542. The van der Waals surface area contributed by atoms with Crippen molar-refractivity contribution in [1.29, 1.82) is 0 Å². The number of carboxylic acids is 1. The molecule has 1 rings (SSSR count). The van der Waals surface area contributed by atoms with Gasteiger partial charge in [-0.3, -0.25) is 4.79 Å². The maximum Gasteiger partial charge on any atom is 0.339 e. The van der Waals surface area contributed by atoms with Gasteiger partial charge in [0.25, 0.3) is 5.91 Å². The van der Waals surface area contributed by atoms with Crippen LogP contribution in [0.2, 0.25) is 0 Å². The molecule has 0 radical (unpaired) electrons. The van der Waals surface area contributed by atoms with E-state index in [-0.39, 0.29) is 22.8 Å². The number of carbonyl (C=O) groups is 2. The Hall–Kier alpha value is -1.56. The Morgan fingerprint density at radius 1 is 1.43 bits per heavy atom. The van der Waals surface area contributed by atoms with Gasteiger partial charge >= 0.3 is 5.97 Å². The maximum absolute atomic E-state index is 12.1. The Morgan fingerprint density at radius 2 is 2.05 bits per heavy atom. The van der Waals surface area contributed by atoms with Crippen molar-refractivity contribution in [3.8, 4) is 5.75 Å². The van der Waals surface area contributed by atoms with Crippen LogP contribution in [0, 0.1) is 0 Å². The van der Waals surface area contributed by atoms with Crippen molar-refractivity contribution in [2.75, 3.05) is 0 Å². The Balaban J connectivity index is 2.88. The maximum atomic E-state index is 12.1. The Morgan fingerprint density at radius 3 is 2.57 bits per heavy atom. The molecule has 0 saturated carbocycles. The second-order valence-corrected chi connectivity index (χ2v) is 6.35. The molecule has 1 aromatic rings. The van der Waals surface area contributed by atoms with Crippen molar-refractivity contribution in [3.63, 3.8) is 0 Å². The van der Waals surface area contributed by atoms with Gasteiger partial charge < -0.3 is 15.2 Å². The van der Waals surface area contributed by atoms with Crippen molar-refractivity contribution in [2.45, 2.75) is 45.8 Å². The van der Waals surface area contributed by atoms with Gasteiger partial charge in [0.2, 0.25) is 0 Å². The average Bonchev–Trinajstić information content (AvgIpc) is 2.37. The van der Waals surface area contributed by atoms with Gasteiger partial charge in [-0.1, -0.05) is 22.9 Å². The lowest BCUT2D eigenvalue weighted by Gasteiger charge is -2.26. The van der Waals surface area contributed by atoms with Crippen LogP contribution >= 0.6 is 15.9 Å². The van der Waals surface area contributed by atoms with Gasteiger partial charge in [0.15, 0.2) is 6.10 Å². The number of halogens is 1. The number of aromatic carboxylic acids is 1. The molecule has 0 aliphatic carbocycles.